The molecule has 1 aromatic heterocycles. The quantitative estimate of drug-likeness (QED) is 0.614. The lowest BCUT2D eigenvalue weighted by molar-refractivity contribution is 0.104. The minimum atomic E-state index is -0.0688. The van der Waals surface area contributed by atoms with Gasteiger partial charge >= 0.3 is 0 Å². The lowest BCUT2D eigenvalue weighted by atomic mass is 10.1. The van der Waals surface area contributed by atoms with Crippen LogP contribution in [0.5, 0.6) is 5.75 Å². The molecule has 0 saturated carbocycles. The summed E-state index contributed by atoms with van der Waals surface area (Å²) in [4.78, 5) is 11.8. The van der Waals surface area contributed by atoms with Gasteiger partial charge in [0, 0.05) is 10.9 Å². The number of carbonyl (C=O) groups excluding carboxylic acids is 1. The number of hydrogen-bond donors (Lipinski definition) is 0. The smallest absolute Gasteiger partial charge is 0.185 e. The number of nitrogens with zero attached hydrogens (tertiary/aromatic N) is 2. The molecule has 0 radical (unpaired) electrons. The molecule has 0 spiro atoms. The second-order valence-corrected chi connectivity index (χ2v) is 3.87. The van der Waals surface area contributed by atoms with Gasteiger partial charge in [-0.15, -0.1) is 5.10 Å². The third kappa shape index (κ3) is 2.98. The van der Waals surface area contributed by atoms with Crippen molar-refractivity contribution in [3.63, 3.8) is 0 Å². The zero-order chi connectivity index (χ0) is 12.1. The van der Waals surface area contributed by atoms with Crippen LogP contribution in [0, 0.1) is 0 Å². The molecule has 0 atom stereocenters. The number of methoxy groups -OCH3 is 1. The maximum atomic E-state index is 11.8. The number of allylic oxidation sites excluding steroid dienone is 1. The van der Waals surface area contributed by atoms with Crippen molar-refractivity contribution in [1.29, 1.82) is 0 Å². The first-order valence-electron chi connectivity index (χ1n) is 4.93. The molecule has 1 aromatic carbocycles. The van der Waals surface area contributed by atoms with Crippen LogP contribution < -0.4 is 4.74 Å². The Morgan fingerprint density at radius 3 is 2.71 bits per heavy atom. The van der Waals surface area contributed by atoms with E-state index in [1.165, 1.54) is 17.6 Å². The molecule has 1 heterocycles. The van der Waals surface area contributed by atoms with Crippen molar-refractivity contribution in [1.82, 2.24) is 9.59 Å². The average Bonchev–Trinajstić information content (AvgIpc) is 2.89. The normalized spacial score (nSPS) is 10.6. The van der Waals surface area contributed by atoms with E-state index in [-0.39, 0.29) is 5.78 Å². The van der Waals surface area contributed by atoms with E-state index >= 15 is 0 Å². The van der Waals surface area contributed by atoms with Crippen molar-refractivity contribution in [2.75, 3.05) is 7.11 Å². The zero-order valence-electron chi connectivity index (χ0n) is 9.16. The molecule has 0 aliphatic rings. The molecule has 0 fully saturated rings. The largest absolute Gasteiger partial charge is 0.497 e. The van der Waals surface area contributed by atoms with E-state index in [0.717, 1.165) is 5.75 Å². The first kappa shape index (κ1) is 11.5. The molecule has 2 rings (SSSR count). The van der Waals surface area contributed by atoms with Crippen LogP contribution in [0.1, 0.15) is 16.1 Å². The Balaban J connectivity index is 2.09. The van der Waals surface area contributed by atoms with Gasteiger partial charge in [-0.1, -0.05) is 4.49 Å². The van der Waals surface area contributed by atoms with Gasteiger partial charge in [0.2, 0.25) is 0 Å². The average molecular weight is 246 g/mol. The van der Waals surface area contributed by atoms with E-state index in [1.54, 1.807) is 42.8 Å². The van der Waals surface area contributed by atoms with Crippen LogP contribution in [-0.4, -0.2) is 22.5 Å². The van der Waals surface area contributed by atoms with Crippen LogP contribution in [0.25, 0.3) is 6.08 Å². The van der Waals surface area contributed by atoms with Crippen molar-refractivity contribution >= 4 is 23.4 Å². The summed E-state index contributed by atoms with van der Waals surface area (Å²) in [5.41, 5.74) is 1.31. The molecular formula is C12H10N2O2S. The van der Waals surface area contributed by atoms with E-state index < -0.39 is 0 Å². The van der Waals surface area contributed by atoms with Crippen LogP contribution in [0.3, 0.4) is 0 Å². The SMILES string of the molecule is COc1ccc(C(=O)/C=C/c2csnn2)cc1. The van der Waals surface area contributed by atoms with Crippen LogP contribution in [-0.2, 0) is 0 Å². The second-order valence-electron chi connectivity index (χ2n) is 3.26. The lowest BCUT2D eigenvalue weighted by Crippen LogP contribution is -1.94. The first-order valence-corrected chi connectivity index (χ1v) is 5.77. The summed E-state index contributed by atoms with van der Waals surface area (Å²) in [6, 6.07) is 6.96. The maximum Gasteiger partial charge on any atom is 0.185 e. The number of ether oxygens (including phenoxy) is 1. The third-order valence-corrected chi connectivity index (χ3v) is 2.68. The molecule has 0 bridgehead atoms. The lowest BCUT2D eigenvalue weighted by Gasteiger charge is -1.99. The molecule has 0 saturated heterocycles. The monoisotopic (exact) mass is 246 g/mol. The summed E-state index contributed by atoms with van der Waals surface area (Å²) in [5, 5.41) is 5.59. The Morgan fingerprint density at radius 1 is 1.35 bits per heavy atom. The van der Waals surface area contributed by atoms with Gasteiger partial charge in [-0.05, 0) is 47.9 Å². The molecule has 17 heavy (non-hydrogen) atoms. The zero-order valence-corrected chi connectivity index (χ0v) is 9.98. The predicted octanol–water partition coefficient (Wildman–Crippen LogP) is 2.44. The highest BCUT2D eigenvalue weighted by Crippen LogP contribution is 2.12. The number of ketones is 1. The van der Waals surface area contributed by atoms with Gasteiger partial charge in [-0.25, -0.2) is 0 Å². The number of hydrogen-bond acceptors (Lipinski definition) is 5. The van der Waals surface area contributed by atoms with Gasteiger partial charge in [-0.3, -0.25) is 4.79 Å². The van der Waals surface area contributed by atoms with Crippen LogP contribution in [0.4, 0.5) is 0 Å². The molecule has 2 aromatic rings. The Hall–Kier alpha value is -2.01. The highest BCUT2D eigenvalue weighted by Gasteiger charge is 2.01. The first-order chi connectivity index (χ1) is 8.29. The number of rotatable bonds is 4. The summed E-state index contributed by atoms with van der Waals surface area (Å²) < 4.78 is 8.73. The maximum absolute atomic E-state index is 11.8. The standard InChI is InChI=1S/C12H10N2O2S/c1-16-11-5-2-9(3-6-11)12(15)7-4-10-8-17-14-13-10/h2-8H,1H3/b7-4+. The molecule has 0 N–H and O–H groups in total. The van der Waals surface area contributed by atoms with Crippen LogP contribution >= 0.6 is 11.5 Å². The Kier molecular flexibility index (Phi) is 3.62. The molecule has 4 nitrogen and oxygen atoms in total. The molecule has 0 aliphatic carbocycles. The Bertz CT molecular complexity index is 518. The third-order valence-electron chi connectivity index (χ3n) is 2.16. The summed E-state index contributed by atoms with van der Waals surface area (Å²) in [6.45, 7) is 0. The van der Waals surface area contributed by atoms with E-state index in [4.69, 9.17) is 4.74 Å². The topological polar surface area (TPSA) is 52.1 Å². The Labute approximate surface area is 103 Å². The van der Waals surface area contributed by atoms with Crippen molar-refractivity contribution in [2.45, 2.75) is 0 Å². The number of carbonyl (C=O) groups is 1. The fraction of sp³-hybridized carbons (Fsp3) is 0.0833. The van der Waals surface area contributed by atoms with Gasteiger partial charge in [0.05, 0.1) is 12.8 Å². The number of benzene rings is 1. The van der Waals surface area contributed by atoms with Gasteiger partial charge < -0.3 is 4.74 Å². The summed E-state index contributed by atoms with van der Waals surface area (Å²) in [5.74, 6) is 0.662. The fourth-order valence-corrected chi connectivity index (χ4v) is 1.68. The van der Waals surface area contributed by atoms with Crippen LogP contribution in [0.15, 0.2) is 35.7 Å². The summed E-state index contributed by atoms with van der Waals surface area (Å²) in [7, 11) is 1.59. The minimum absolute atomic E-state index is 0.0688. The van der Waals surface area contributed by atoms with Crippen molar-refractivity contribution in [3.8, 4) is 5.75 Å². The van der Waals surface area contributed by atoms with E-state index in [2.05, 4.69) is 9.59 Å². The fourth-order valence-electron chi connectivity index (χ4n) is 1.26. The molecule has 0 amide bonds. The molecule has 0 aliphatic heterocycles. The molecule has 86 valence electrons. The highest BCUT2D eigenvalue weighted by atomic mass is 32.1. The Morgan fingerprint density at radius 2 is 2.12 bits per heavy atom. The van der Waals surface area contributed by atoms with Gasteiger partial charge in [-0.2, -0.15) is 0 Å². The summed E-state index contributed by atoms with van der Waals surface area (Å²) >= 11 is 1.25. The van der Waals surface area contributed by atoms with Crippen LogP contribution in [0.2, 0.25) is 0 Å². The highest BCUT2D eigenvalue weighted by molar-refractivity contribution is 7.03. The molecule has 5 heteroatoms. The number of aromatic nitrogens is 2. The van der Waals surface area contributed by atoms with E-state index in [9.17, 15) is 4.79 Å². The van der Waals surface area contributed by atoms with Gasteiger partial charge in [0.15, 0.2) is 5.78 Å². The summed E-state index contributed by atoms with van der Waals surface area (Å²) in [6.07, 6.45) is 3.13. The van der Waals surface area contributed by atoms with Crippen molar-refractivity contribution in [3.05, 3.63) is 47.0 Å². The molecule has 0 unspecified atom stereocenters. The van der Waals surface area contributed by atoms with Crippen molar-refractivity contribution < 1.29 is 9.53 Å². The molecular weight excluding hydrogens is 236 g/mol. The van der Waals surface area contributed by atoms with Crippen molar-refractivity contribution in [2.24, 2.45) is 0 Å². The van der Waals surface area contributed by atoms with E-state index in [1.807, 2.05) is 0 Å². The van der Waals surface area contributed by atoms with Gasteiger partial charge in [0.1, 0.15) is 5.75 Å². The minimum Gasteiger partial charge on any atom is -0.497 e. The van der Waals surface area contributed by atoms with Gasteiger partial charge in [0.25, 0.3) is 0 Å². The predicted molar refractivity (Wildman–Crippen MR) is 66.3 cm³/mol. The van der Waals surface area contributed by atoms with E-state index in [0.29, 0.717) is 11.3 Å². The second kappa shape index (κ2) is 5.36.